The standard InChI is InChI=1S/C17H27NO2/c1-13-8-14(2)10-17(9-13)20-12-16(19)11-18-7-5-4-6-15(18)3/h8-10,15-16,19H,4-7,11-12H2,1-3H3. The number of ether oxygens (including phenoxy) is 1. The molecule has 1 aliphatic rings. The minimum atomic E-state index is -0.420. The van der Waals surface area contributed by atoms with Crippen LogP contribution >= 0.6 is 0 Å². The zero-order valence-electron chi connectivity index (χ0n) is 12.9. The van der Waals surface area contributed by atoms with Gasteiger partial charge < -0.3 is 9.84 Å². The van der Waals surface area contributed by atoms with E-state index in [0.717, 1.165) is 12.3 Å². The van der Waals surface area contributed by atoms with E-state index in [1.54, 1.807) is 0 Å². The van der Waals surface area contributed by atoms with E-state index in [-0.39, 0.29) is 0 Å². The topological polar surface area (TPSA) is 32.7 Å². The van der Waals surface area contributed by atoms with Crippen molar-refractivity contribution in [1.82, 2.24) is 4.90 Å². The molecule has 112 valence electrons. The second-order valence-electron chi connectivity index (χ2n) is 6.13. The molecule has 3 heteroatoms. The minimum absolute atomic E-state index is 0.367. The fraction of sp³-hybridized carbons (Fsp3) is 0.647. The Bertz CT molecular complexity index is 413. The summed E-state index contributed by atoms with van der Waals surface area (Å²) in [4.78, 5) is 2.37. The van der Waals surface area contributed by atoms with Gasteiger partial charge in [0.2, 0.25) is 0 Å². The van der Waals surface area contributed by atoms with Crippen LogP contribution < -0.4 is 4.74 Å². The van der Waals surface area contributed by atoms with Crippen LogP contribution in [0, 0.1) is 13.8 Å². The molecule has 2 unspecified atom stereocenters. The van der Waals surface area contributed by atoms with Gasteiger partial charge in [-0.05, 0) is 63.4 Å². The SMILES string of the molecule is Cc1cc(C)cc(OCC(O)CN2CCCCC2C)c1. The minimum Gasteiger partial charge on any atom is -0.491 e. The molecule has 1 aliphatic heterocycles. The maximum Gasteiger partial charge on any atom is 0.119 e. The van der Waals surface area contributed by atoms with E-state index >= 15 is 0 Å². The highest BCUT2D eigenvalue weighted by Gasteiger charge is 2.20. The number of aliphatic hydroxyl groups is 1. The van der Waals surface area contributed by atoms with Crippen molar-refractivity contribution in [2.45, 2.75) is 52.2 Å². The average Bonchev–Trinajstić information content (AvgIpc) is 2.38. The smallest absolute Gasteiger partial charge is 0.119 e. The summed E-state index contributed by atoms with van der Waals surface area (Å²) >= 11 is 0. The molecule has 0 radical (unpaired) electrons. The lowest BCUT2D eigenvalue weighted by atomic mass is 10.0. The maximum absolute atomic E-state index is 10.2. The van der Waals surface area contributed by atoms with Crippen LogP contribution in [0.1, 0.15) is 37.3 Å². The van der Waals surface area contributed by atoms with Gasteiger partial charge in [0.15, 0.2) is 0 Å². The second kappa shape index (κ2) is 7.09. The molecule has 1 aromatic carbocycles. The van der Waals surface area contributed by atoms with Crippen LogP contribution in [-0.2, 0) is 0 Å². The lowest BCUT2D eigenvalue weighted by Gasteiger charge is -2.34. The summed E-state index contributed by atoms with van der Waals surface area (Å²) < 4.78 is 5.73. The number of hydrogen-bond acceptors (Lipinski definition) is 3. The first-order valence-electron chi connectivity index (χ1n) is 7.68. The summed E-state index contributed by atoms with van der Waals surface area (Å²) in [5, 5.41) is 10.2. The van der Waals surface area contributed by atoms with Crippen LogP contribution in [-0.4, -0.2) is 41.8 Å². The normalized spacial score (nSPS) is 21.7. The Morgan fingerprint density at radius 2 is 1.95 bits per heavy atom. The Hall–Kier alpha value is -1.06. The molecule has 0 spiro atoms. The monoisotopic (exact) mass is 277 g/mol. The Morgan fingerprint density at radius 1 is 1.25 bits per heavy atom. The van der Waals surface area contributed by atoms with Crippen LogP contribution in [0.2, 0.25) is 0 Å². The summed E-state index contributed by atoms with van der Waals surface area (Å²) in [5.41, 5.74) is 2.39. The number of piperidine rings is 1. The summed E-state index contributed by atoms with van der Waals surface area (Å²) in [6.45, 7) is 8.55. The van der Waals surface area contributed by atoms with Crippen LogP contribution in [0.3, 0.4) is 0 Å². The van der Waals surface area contributed by atoms with Gasteiger partial charge in [0, 0.05) is 12.6 Å². The Balaban J connectivity index is 1.80. The molecule has 1 fully saturated rings. The first-order chi connectivity index (χ1) is 9.54. The molecule has 1 aromatic rings. The van der Waals surface area contributed by atoms with E-state index in [2.05, 4.69) is 31.7 Å². The zero-order valence-corrected chi connectivity index (χ0v) is 12.9. The highest BCUT2D eigenvalue weighted by Crippen LogP contribution is 2.18. The zero-order chi connectivity index (χ0) is 14.5. The lowest BCUT2D eigenvalue weighted by molar-refractivity contribution is 0.0437. The van der Waals surface area contributed by atoms with Crippen molar-refractivity contribution in [3.8, 4) is 5.75 Å². The van der Waals surface area contributed by atoms with E-state index < -0.39 is 6.10 Å². The Kier molecular flexibility index (Phi) is 5.44. The molecule has 0 amide bonds. The first kappa shape index (κ1) is 15.3. The van der Waals surface area contributed by atoms with Gasteiger partial charge in [-0.15, -0.1) is 0 Å². The van der Waals surface area contributed by atoms with Crippen molar-refractivity contribution >= 4 is 0 Å². The van der Waals surface area contributed by atoms with Crippen molar-refractivity contribution < 1.29 is 9.84 Å². The third kappa shape index (κ3) is 4.50. The number of benzene rings is 1. The Morgan fingerprint density at radius 3 is 2.60 bits per heavy atom. The van der Waals surface area contributed by atoms with Crippen molar-refractivity contribution in [3.05, 3.63) is 29.3 Å². The van der Waals surface area contributed by atoms with Crippen LogP contribution in [0.4, 0.5) is 0 Å². The van der Waals surface area contributed by atoms with Gasteiger partial charge in [0.25, 0.3) is 0 Å². The number of aliphatic hydroxyl groups excluding tert-OH is 1. The van der Waals surface area contributed by atoms with Gasteiger partial charge in [-0.2, -0.15) is 0 Å². The molecule has 1 N–H and O–H groups in total. The highest BCUT2D eigenvalue weighted by molar-refractivity contribution is 5.32. The van der Waals surface area contributed by atoms with E-state index in [1.165, 1.54) is 30.4 Å². The van der Waals surface area contributed by atoms with Crippen molar-refractivity contribution in [2.75, 3.05) is 19.7 Å². The third-order valence-electron chi connectivity index (χ3n) is 4.02. The maximum atomic E-state index is 10.2. The molecule has 0 saturated carbocycles. The van der Waals surface area contributed by atoms with E-state index in [0.29, 0.717) is 19.2 Å². The number of nitrogens with zero attached hydrogens (tertiary/aromatic N) is 1. The molecule has 20 heavy (non-hydrogen) atoms. The molecule has 0 aliphatic carbocycles. The second-order valence-corrected chi connectivity index (χ2v) is 6.13. The summed E-state index contributed by atoms with van der Waals surface area (Å²) in [6.07, 6.45) is 3.38. The van der Waals surface area contributed by atoms with Crippen LogP contribution in [0.15, 0.2) is 18.2 Å². The molecule has 0 bridgehead atoms. The first-order valence-corrected chi connectivity index (χ1v) is 7.68. The average molecular weight is 277 g/mol. The van der Waals surface area contributed by atoms with E-state index in [4.69, 9.17) is 4.74 Å². The molecule has 1 heterocycles. The molecule has 0 aromatic heterocycles. The number of hydrogen-bond donors (Lipinski definition) is 1. The van der Waals surface area contributed by atoms with Crippen molar-refractivity contribution in [3.63, 3.8) is 0 Å². The van der Waals surface area contributed by atoms with Gasteiger partial charge in [0.05, 0.1) is 0 Å². The van der Waals surface area contributed by atoms with Gasteiger partial charge >= 0.3 is 0 Å². The molecule has 2 atom stereocenters. The Labute approximate surface area is 122 Å². The number of aryl methyl sites for hydroxylation is 2. The third-order valence-corrected chi connectivity index (χ3v) is 4.02. The summed E-state index contributed by atoms with van der Waals surface area (Å²) in [6, 6.07) is 6.74. The summed E-state index contributed by atoms with van der Waals surface area (Å²) in [7, 11) is 0. The predicted octanol–water partition coefficient (Wildman–Crippen LogP) is 2.92. The largest absolute Gasteiger partial charge is 0.491 e. The van der Waals surface area contributed by atoms with Crippen LogP contribution in [0.25, 0.3) is 0 Å². The highest BCUT2D eigenvalue weighted by atomic mass is 16.5. The predicted molar refractivity (Wildman–Crippen MR) is 82.3 cm³/mol. The lowest BCUT2D eigenvalue weighted by Crippen LogP contribution is -2.43. The van der Waals surface area contributed by atoms with Crippen LogP contribution in [0.5, 0.6) is 5.75 Å². The van der Waals surface area contributed by atoms with Crippen molar-refractivity contribution in [2.24, 2.45) is 0 Å². The van der Waals surface area contributed by atoms with Gasteiger partial charge in [-0.1, -0.05) is 12.5 Å². The van der Waals surface area contributed by atoms with Gasteiger partial charge in [0.1, 0.15) is 18.5 Å². The van der Waals surface area contributed by atoms with Gasteiger partial charge in [-0.3, -0.25) is 4.90 Å². The van der Waals surface area contributed by atoms with Crippen molar-refractivity contribution in [1.29, 1.82) is 0 Å². The number of rotatable bonds is 5. The quantitative estimate of drug-likeness (QED) is 0.898. The molecular formula is C17H27NO2. The van der Waals surface area contributed by atoms with E-state index in [1.807, 2.05) is 12.1 Å². The summed E-state index contributed by atoms with van der Waals surface area (Å²) in [5.74, 6) is 0.855. The molecule has 2 rings (SSSR count). The van der Waals surface area contributed by atoms with E-state index in [9.17, 15) is 5.11 Å². The molecule has 1 saturated heterocycles. The molecular weight excluding hydrogens is 250 g/mol. The number of β-amino-alcohol motifs (C(OH)–C–C–N with tert-alkyl or cyclic N) is 1. The fourth-order valence-electron chi connectivity index (χ4n) is 2.96. The van der Waals surface area contributed by atoms with Gasteiger partial charge in [-0.25, -0.2) is 0 Å². The number of likely N-dealkylation sites (tertiary alicyclic amines) is 1. The fourth-order valence-corrected chi connectivity index (χ4v) is 2.96. The molecule has 3 nitrogen and oxygen atoms in total.